The molecule has 1 amide bonds. The number of carbonyl (C=O) groups excluding carboxylic acids is 1. The van der Waals surface area contributed by atoms with Crippen LogP contribution in [0.5, 0.6) is 0 Å². The minimum Gasteiger partial charge on any atom is -0.331 e. The highest BCUT2D eigenvalue weighted by Crippen LogP contribution is 2.43. The molecule has 5 rings (SSSR count). The normalized spacial score (nSPS) is 24.5. The summed E-state index contributed by atoms with van der Waals surface area (Å²) in [6, 6.07) is 14.2. The lowest BCUT2D eigenvalue weighted by atomic mass is 9.89. The summed E-state index contributed by atoms with van der Waals surface area (Å²) >= 11 is 0. The molecule has 2 aromatic heterocycles. The second-order valence-electron chi connectivity index (χ2n) is 6.88. The van der Waals surface area contributed by atoms with E-state index in [1.165, 1.54) is 11.9 Å². The molecule has 2 fully saturated rings. The first kappa shape index (κ1) is 17.0. The molecule has 4 heterocycles. The second kappa shape index (κ2) is 6.70. The van der Waals surface area contributed by atoms with Crippen molar-refractivity contribution in [3.63, 3.8) is 0 Å². The molecular formula is C19H20ClN5O. The second-order valence-corrected chi connectivity index (χ2v) is 6.88. The van der Waals surface area contributed by atoms with Gasteiger partial charge in [0.25, 0.3) is 5.91 Å². The van der Waals surface area contributed by atoms with Crippen LogP contribution in [0.2, 0.25) is 0 Å². The summed E-state index contributed by atoms with van der Waals surface area (Å²) in [5, 5.41) is 7.63. The standard InChI is InChI=1S/C19H19N5O.ClH/c25-19(14-6-7-17-21-12-22-24(17)11-14)23-10-15-8-20-9-16(15)18(23)13-4-2-1-3-5-13;/h1-7,11-12,15-16,18,20H,8-10H2;1H/t15-,16-,18-;/m0./s1. The van der Waals surface area contributed by atoms with Gasteiger partial charge in [-0.1, -0.05) is 30.3 Å². The number of likely N-dealkylation sites (tertiary alicyclic amines) is 1. The Morgan fingerprint density at radius 2 is 1.96 bits per heavy atom. The molecule has 0 saturated carbocycles. The zero-order valence-electron chi connectivity index (χ0n) is 14.2. The van der Waals surface area contributed by atoms with Crippen LogP contribution in [0.3, 0.4) is 0 Å². The Bertz CT molecular complexity index is 928. The minimum absolute atomic E-state index is 0. The van der Waals surface area contributed by atoms with E-state index in [4.69, 9.17) is 0 Å². The number of amides is 1. The lowest BCUT2D eigenvalue weighted by Crippen LogP contribution is -2.34. The van der Waals surface area contributed by atoms with E-state index in [0.29, 0.717) is 17.4 Å². The average Bonchev–Trinajstić information content (AvgIpc) is 3.36. The number of rotatable bonds is 2. The predicted octanol–water partition coefficient (Wildman–Crippen LogP) is 2.18. The Morgan fingerprint density at radius 3 is 2.81 bits per heavy atom. The molecule has 0 bridgehead atoms. The average molecular weight is 370 g/mol. The van der Waals surface area contributed by atoms with Crippen molar-refractivity contribution in [2.24, 2.45) is 11.8 Å². The van der Waals surface area contributed by atoms with Crippen LogP contribution in [-0.4, -0.2) is 45.0 Å². The van der Waals surface area contributed by atoms with Gasteiger partial charge in [-0.15, -0.1) is 12.4 Å². The largest absolute Gasteiger partial charge is 0.331 e. The van der Waals surface area contributed by atoms with Gasteiger partial charge in [0.15, 0.2) is 5.65 Å². The number of benzene rings is 1. The van der Waals surface area contributed by atoms with E-state index in [1.807, 2.05) is 23.1 Å². The number of hydrogen-bond donors (Lipinski definition) is 1. The van der Waals surface area contributed by atoms with Crippen LogP contribution in [-0.2, 0) is 0 Å². The van der Waals surface area contributed by atoms with Crippen LogP contribution in [0.25, 0.3) is 5.65 Å². The maximum absolute atomic E-state index is 13.3. The van der Waals surface area contributed by atoms with Crippen molar-refractivity contribution in [1.82, 2.24) is 24.8 Å². The summed E-state index contributed by atoms with van der Waals surface area (Å²) in [6.07, 6.45) is 3.28. The highest BCUT2D eigenvalue weighted by atomic mass is 35.5. The molecule has 7 heteroatoms. The van der Waals surface area contributed by atoms with Crippen LogP contribution in [0.1, 0.15) is 22.0 Å². The Hall–Kier alpha value is -2.44. The minimum atomic E-state index is 0. The van der Waals surface area contributed by atoms with Crippen LogP contribution in [0, 0.1) is 11.8 Å². The number of pyridine rings is 1. The van der Waals surface area contributed by atoms with Gasteiger partial charge >= 0.3 is 0 Å². The molecule has 6 nitrogen and oxygen atoms in total. The van der Waals surface area contributed by atoms with E-state index < -0.39 is 0 Å². The van der Waals surface area contributed by atoms with Crippen molar-refractivity contribution in [1.29, 1.82) is 0 Å². The monoisotopic (exact) mass is 369 g/mol. The van der Waals surface area contributed by atoms with E-state index in [0.717, 1.165) is 25.3 Å². The van der Waals surface area contributed by atoms with Gasteiger partial charge in [-0.3, -0.25) is 4.79 Å². The zero-order valence-corrected chi connectivity index (χ0v) is 15.0. The van der Waals surface area contributed by atoms with Crippen molar-refractivity contribution in [3.05, 3.63) is 66.1 Å². The number of aromatic nitrogens is 3. The first-order valence-electron chi connectivity index (χ1n) is 8.67. The molecule has 0 unspecified atom stereocenters. The molecular weight excluding hydrogens is 350 g/mol. The van der Waals surface area contributed by atoms with E-state index in [2.05, 4.69) is 39.7 Å². The van der Waals surface area contributed by atoms with Crippen LogP contribution < -0.4 is 5.32 Å². The predicted molar refractivity (Wildman–Crippen MR) is 100 cm³/mol. The fraction of sp³-hybridized carbons (Fsp3) is 0.316. The van der Waals surface area contributed by atoms with Gasteiger partial charge < -0.3 is 10.2 Å². The van der Waals surface area contributed by atoms with Gasteiger partial charge in [0.05, 0.1) is 11.6 Å². The molecule has 0 spiro atoms. The fourth-order valence-electron chi connectivity index (χ4n) is 4.32. The lowest BCUT2D eigenvalue weighted by Gasteiger charge is -2.28. The smallest absolute Gasteiger partial charge is 0.255 e. The molecule has 3 aromatic rings. The molecule has 0 radical (unpaired) electrons. The fourth-order valence-corrected chi connectivity index (χ4v) is 4.32. The van der Waals surface area contributed by atoms with E-state index in [-0.39, 0.29) is 24.4 Å². The Balaban J connectivity index is 0.00000168. The van der Waals surface area contributed by atoms with Crippen LogP contribution >= 0.6 is 12.4 Å². The molecule has 26 heavy (non-hydrogen) atoms. The Morgan fingerprint density at radius 1 is 1.12 bits per heavy atom. The van der Waals surface area contributed by atoms with Crippen molar-refractivity contribution in [3.8, 4) is 0 Å². The summed E-state index contributed by atoms with van der Waals surface area (Å²) in [5.74, 6) is 1.06. The van der Waals surface area contributed by atoms with Gasteiger partial charge in [0.1, 0.15) is 6.33 Å². The molecule has 0 aliphatic carbocycles. The number of fused-ring (bicyclic) bond motifs is 2. The van der Waals surface area contributed by atoms with Gasteiger partial charge in [0, 0.05) is 31.7 Å². The first-order valence-corrected chi connectivity index (χ1v) is 8.67. The summed E-state index contributed by atoms with van der Waals surface area (Å²) in [7, 11) is 0. The molecule has 1 N–H and O–H groups in total. The molecule has 2 aliphatic heterocycles. The van der Waals surface area contributed by atoms with Crippen molar-refractivity contribution in [2.75, 3.05) is 19.6 Å². The number of nitrogens with one attached hydrogen (secondary N) is 1. The zero-order chi connectivity index (χ0) is 16.8. The van der Waals surface area contributed by atoms with E-state index in [1.54, 1.807) is 10.7 Å². The van der Waals surface area contributed by atoms with E-state index >= 15 is 0 Å². The Labute approximate surface area is 157 Å². The molecule has 134 valence electrons. The number of carbonyl (C=O) groups is 1. The van der Waals surface area contributed by atoms with Gasteiger partial charge in [-0.25, -0.2) is 9.50 Å². The van der Waals surface area contributed by atoms with Crippen molar-refractivity contribution < 1.29 is 4.79 Å². The molecule has 2 saturated heterocycles. The van der Waals surface area contributed by atoms with Crippen molar-refractivity contribution >= 4 is 24.0 Å². The summed E-state index contributed by atoms with van der Waals surface area (Å²) < 4.78 is 1.66. The maximum Gasteiger partial charge on any atom is 0.255 e. The number of nitrogens with zero attached hydrogens (tertiary/aromatic N) is 4. The first-order chi connectivity index (χ1) is 12.3. The summed E-state index contributed by atoms with van der Waals surface area (Å²) in [4.78, 5) is 19.5. The van der Waals surface area contributed by atoms with Gasteiger partial charge in [0.2, 0.25) is 0 Å². The van der Waals surface area contributed by atoms with Crippen LogP contribution in [0.4, 0.5) is 0 Å². The highest BCUT2D eigenvalue weighted by Gasteiger charge is 2.46. The number of halogens is 1. The van der Waals surface area contributed by atoms with Crippen molar-refractivity contribution in [2.45, 2.75) is 6.04 Å². The third-order valence-corrected chi connectivity index (χ3v) is 5.49. The third-order valence-electron chi connectivity index (χ3n) is 5.49. The SMILES string of the molecule is Cl.O=C(c1ccc2ncnn2c1)N1C[C@@H]2CNC[C@@H]2[C@@H]1c1ccccc1. The van der Waals surface area contributed by atoms with Crippen LogP contribution in [0.15, 0.2) is 55.0 Å². The maximum atomic E-state index is 13.3. The topological polar surface area (TPSA) is 62.5 Å². The summed E-state index contributed by atoms with van der Waals surface area (Å²) in [6.45, 7) is 2.75. The lowest BCUT2D eigenvalue weighted by molar-refractivity contribution is 0.0713. The Kier molecular flexibility index (Phi) is 4.38. The van der Waals surface area contributed by atoms with E-state index in [9.17, 15) is 4.79 Å². The number of hydrogen-bond acceptors (Lipinski definition) is 4. The summed E-state index contributed by atoms with van der Waals surface area (Å²) in [5.41, 5.74) is 2.62. The van der Waals surface area contributed by atoms with Gasteiger partial charge in [-0.2, -0.15) is 5.10 Å². The quantitative estimate of drug-likeness (QED) is 0.752. The van der Waals surface area contributed by atoms with Gasteiger partial charge in [-0.05, 0) is 23.6 Å². The molecule has 1 aromatic carbocycles. The third kappa shape index (κ3) is 2.66. The highest BCUT2D eigenvalue weighted by molar-refractivity contribution is 5.94. The molecule has 3 atom stereocenters. The molecule has 2 aliphatic rings.